The number of methoxy groups -OCH3 is 2. The highest BCUT2D eigenvalue weighted by atomic mass is 35.5. The lowest BCUT2D eigenvalue weighted by atomic mass is 10.1. The molecule has 0 aromatic heterocycles. The number of carbonyl (C=O) groups excluding carboxylic acids is 3. The van der Waals surface area contributed by atoms with Crippen LogP contribution in [0.3, 0.4) is 0 Å². The van der Waals surface area contributed by atoms with E-state index in [0.29, 0.717) is 22.9 Å². The Morgan fingerprint density at radius 1 is 1.09 bits per heavy atom. The van der Waals surface area contributed by atoms with Crippen molar-refractivity contribution in [3.05, 3.63) is 47.0 Å². The van der Waals surface area contributed by atoms with Crippen LogP contribution in [0.1, 0.15) is 12.5 Å². The van der Waals surface area contributed by atoms with Crippen LogP contribution in [-0.4, -0.2) is 55.6 Å². The van der Waals surface area contributed by atoms with E-state index in [-0.39, 0.29) is 11.6 Å². The van der Waals surface area contributed by atoms with Gasteiger partial charge in [0.1, 0.15) is 18.0 Å². The first-order valence-electron chi connectivity index (χ1n) is 10.2. The van der Waals surface area contributed by atoms with E-state index >= 15 is 0 Å². The molecule has 0 radical (unpaired) electrons. The quantitative estimate of drug-likeness (QED) is 0.621. The number of hydrogen-bond acceptors (Lipinski definition) is 8. The van der Waals surface area contributed by atoms with Crippen molar-refractivity contribution in [3.63, 3.8) is 0 Å². The number of nitrogens with zero attached hydrogens (tertiary/aromatic N) is 4. The molecule has 0 aliphatic carbocycles. The molecule has 4 rings (SSSR count). The maximum absolute atomic E-state index is 13.1. The van der Waals surface area contributed by atoms with Crippen LogP contribution in [0.25, 0.3) is 0 Å². The van der Waals surface area contributed by atoms with Gasteiger partial charge in [-0.15, -0.1) is 0 Å². The highest BCUT2D eigenvalue weighted by Crippen LogP contribution is 2.36. The summed E-state index contributed by atoms with van der Waals surface area (Å²) in [7, 11) is 2.91. The number of rotatable bonds is 7. The number of fused-ring (bicyclic) bond motifs is 1. The number of anilines is 2. The number of benzene rings is 2. The van der Waals surface area contributed by atoms with Crippen molar-refractivity contribution in [1.82, 2.24) is 5.01 Å². The molecule has 2 unspecified atom stereocenters. The highest BCUT2D eigenvalue weighted by Gasteiger charge is 2.55. The first kappa shape index (κ1) is 22.5. The van der Waals surface area contributed by atoms with Gasteiger partial charge in [0.05, 0.1) is 30.6 Å². The Hall–Kier alpha value is -3.66. The van der Waals surface area contributed by atoms with Crippen molar-refractivity contribution in [1.29, 1.82) is 0 Å². The molecule has 11 heteroatoms. The molecule has 2 aliphatic rings. The molecule has 1 N–H and O–H groups in total. The second-order valence-corrected chi connectivity index (χ2v) is 7.87. The van der Waals surface area contributed by atoms with Crippen molar-refractivity contribution in [3.8, 4) is 11.5 Å². The Balaban J connectivity index is 1.49. The molecule has 0 spiro atoms. The molecule has 172 valence electrons. The van der Waals surface area contributed by atoms with Gasteiger partial charge in [-0.2, -0.15) is 5.11 Å². The summed E-state index contributed by atoms with van der Waals surface area (Å²) in [6.45, 7) is 1.73. The lowest BCUT2D eigenvalue weighted by molar-refractivity contribution is -0.123. The van der Waals surface area contributed by atoms with E-state index in [9.17, 15) is 14.4 Å². The number of amides is 3. The standard InChI is InChI=1S/C22H22ClN5O5/c1-4-12-5-7-13(8-6-12)28-21(30)19-20(22(28)31)27(26-25-19)11-18(29)24-15-9-14(23)16(32-2)10-17(15)33-3/h5-10,19-20H,4,11H2,1-3H3,(H,24,29). The fourth-order valence-corrected chi connectivity index (χ4v) is 4.02. The Kier molecular flexibility index (Phi) is 6.19. The van der Waals surface area contributed by atoms with E-state index < -0.39 is 29.8 Å². The van der Waals surface area contributed by atoms with Gasteiger partial charge >= 0.3 is 0 Å². The average Bonchev–Trinajstić information content (AvgIpc) is 3.33. The zero-order valence-electron chi connectivity index (χ0n) is 18.2. The molecule has 2 heterocycles. The number of carbonyl (C=O) groups is 3. The summed E-state index contributed by atoms with van der Waals surface area (Å²) in [5, 5.41) is 12.0. The van der Waals surface area contributed by atoms with Crippen LogP contribution in [0, 0.1) is 0 Å². The van der Waals surface area contributed by atoms with Gasteiger partial charge in [-0.05, 0) is 30.2 Å². The molecule has 0 saturated carbocycles. The Bertz CT molecular complexity index is 1140. The molecule has 1 saturated heterocycles. The van der Waals surface area contributed by atoms with Gasteiger partial charge in [0.15, 0.2) is 12.1 Å². The van der Waals surface area contributed by atoms with Gasteiger partial charge in [-0.25, -0.2) is 4.90 Å². The maximum Gasteiger partial charge on any atom is 0.263 e. The second kappa shape index (κ2) is 9.07. The summed E-state index contributed by atoms with van der Waals surface area (Å²) < 4.78 is 10.4. The molecule has 10 nitrogen and oxygen atoms in total. The highest BCUT2D eigenvalue weighted by molar-refractivity contribution is 6.32. The zero-order valence-corrected chi connectivity index (χ0v) is 19.0. The van der Waals surface area contributed by atoms with Crippen LogP contribution >= 0.6 is 11.6 Å². The second-order valence-electron chi connectivity index (χ2n) is 7.46. The van der Waals surface area contributed by atoms with E-state index in [1.54, 1.807) is 18.2 Å². The van der Waals surface area contributed by atoms with Crippen molar-refractivity contribution in [2.75, 3.05) is 31.0 Å². The third kappa shape index (κ3) is 4.09. The third-order valence-electron chi connectivity index (χ3n) is 5.51. The van der Waals surface area contributed by atoms with E-state index in [2.05, 4.69) is 15.7 Å². The zero-order chi connectivity index (χ0) is 23.7. The predicted molar refractivity (Wildman–Crippen MR) is 121 cm³/mol. The predicted octanol–water partition coefficient (Wildman–Crippen LogP) is 2.85. The van der Waals surface area contributed by atoms with Gasteiger partial charge in [0, 0.05) is 6.07 Å². The molecule has 1 fully saturated rings. The topological polar surface area (TPSA) is 113 Å². The van der Waals surface area contributed by atoms with Crippen molar-refractivity contribution in [2.24, 2.45) is 10.3 Å². The van der Waals surface area contributed by atoms with Crippen LogP contribution in [0.15, 0.2) is 46.7 Å². The van der Waals surface area contributed by atoms with Gasteiger partial charge in [0.25, 0.3) is 11.8 Å². The molecule has 33 heavy (non-hydrogen) atoms. The molecule has 0 bridgehead atoms. The number of aryl methyl sites for hydroxylation is 1. The van der Waals surface area contributed by atoms with E-state index in [1.807, 2.05) is 19.1 Å². The summed E-state index contributed by atoms with van der Waals surface area (Å²) in [5.74, 6) is -0.689. The molecule has 2 aromatic carbocycles. The van der Waals surface area contributed by atoms with E-state index in [0.717, 1.165) is 16.9 Å². The lowest BCUT2D eigenvalue weighted by Gasteiger charge is -2.20. The normalized spacial score (nSPS) is 19.2. The molecule has 2 atom stereocenters. The van der Waals surface area contributed by atoms with Crippen LogP contribution in [0.5, 0.6) is 11.5 Å². The lowest BCUT2D eigenvalue weighted by Crippen LogP contribution is -2.43. The van der Waals surface area contributed by atoms with Crippen LogP contribution in [0.2, 0.25) is 5.02 Å². The molecule has 2 aliphatic heterocycles. The number of ether oxygens (including phenoxy) is 2. The number of hydrogen-bond donors (Lipinski definition) is 1. The van der Waals surface area contributed by atoms with Crippen molar-refractivity contribution < 1.29 is 23.9 Å². The molecule has 2 aromatic rings. The monoisotopic (exact) mass is 471 g/mol. The van der Waals surface area contributed by atoms with E-state index in [1.165, 1.54) is 25.3 Å². The number of imide groups is 1. The van der Waals surface area contributed by atoms with Crippen LogP contribution in [0.4, 0.5) is 11.4 Å². The summed E-state index contributed by atoms with van der Waals surface area (Å²) in [6.07, 6.45) is 0.842. The fourth-order valence-electron chi connectivity index (χ4n) is 3.78. The number of halogens is 1. The first-order chi connectivity index (χ1) is 15.9. The van der Waals surface area contributed by atoms with Gasteiger partial charge < -0.3 is 14.8 Å². The minimum absolute atomic E-state index is 0.288. The number of nitrogens with one attached hydrogen (secondary N) is 1. The van der Waals surface area contributed by atoms with E-state index in [4.69, 9.17) is 21.1 Å². The summed E-state index contributed by atoms with van der Waals surface area (Å²) in [6, 6.07) is 8.26. The van der Waals surface area contributed by atoms with Gasteiger partial charge in [0.2, 0.25) is 5.91 Å². The minimum Gasteiger partial charge on any atom is -0.495 e. The Morgan fingerprint density at radius 3 is 2.42 bits per heavy atom. The maximum atomic E-state index is 13.1. The van der Waals surface area contributed by atoms with Gasteiger partial charge in [-0.3, -0.25) is 19.4 Å². The largest absolute Gasteiger partial charge is 0.495 e. The third-order valence-corrected chi connectivity index (χ3v) is 5.81. The average molecular weight is 472 g/mol. The van der Waals surface area contributed by atoms with Crippen LogP contribution in [-0.2, 0) is 20.8 Å². The molecular weight excluding hydrogens is 450 g/mol. The van der Waals surface area contributed by atoms with Gasteiger partial charge in [-0.1, -0.05) is 35.9 Å². The van der Waals surface area contributed by atoms with Crippen molar-refractivity contribution in [2.45, 2.75) is 25.4 Å². The smallest absolute Gasteiger partial charge is 0.263 e. The summed E-state index contributed by atoms with van der Waals surface area (Å²) in [4.78, 5) is 39.7. The summed E-state index contributed by atoms with van der Waals surface area (Å²) >= 11 is 6.15. The SMILES string of the molecule is CCc1ccc(N2C(=O)C3N=NN(CC(=O)Nc4cc(Cl)c(OC)cc4OC)C3C2=O)cc1. The van der Waals surface area contributed by atoms with Crippen molar-refractivity contribution >= 4 is 40.7 Å². The first-order valence-corrected chi connectivity index (χ1v) is 10.6. The molecule has 3 amide bonds. The minimum atomic E-state index is -0.985. The molecular formula is C22H22ClN5O5. The Morgan fingerprint density at radius 2 is 1.79 bits per heavy atom. The Labute approximate surface area is 195 Å². The van der Waals surface area contributed by atoms with Crippen LogP contribution < -0.4 is 19.7 Å². The fraction of sp³-hybridized carbons (Fsp3) is 0.318. The summed E-state index contributed by atoms with van der Waals surface area (Å²) in [5.41, 5.74) is 1.88.